The van der Waals surface area contributed by atoms with E-state index in [2.05, 4.69) is 15.0 Å². The van der Waals surface area contributed by atoms with Gasteiger partial charge in [-0.15, -0.1) is 13.2 Å². The lowest BCUT2D eigenvalue weighted by Gasteiger charge is -2.23. The van der Waals surface area contributed by atoms with Crippen LogP contribution in [0.15, 0.2) is 157 Å². The summed E-state index contributed by atoms with van der Waals surface area (Å²) < 4.78 is 70.5. The summed E-state index contributed by atoms with van der Waals surface area (Å²) in [6.45, 7) is 0.258. The summed E-state index contributed by atoms with van der Waals surface area (Å²) in [5.41, 5.74) is 5.81. The second-order valence-corrected chi connectivity index (χ2v) is 13.3. The minimum absolute atomic E-state index is 0.125. The number of rotatable bonds is 11. The number of benzene rings is 5. The van der Waals surface area contributed by atoms with Crippen molar-refractivity contribution in [3.05, 3.63) is 169 Å². The van der Waals surface area contributed by atoms with E-state index >= 15 is 0 Å². The third kappa shape index (κ3) is 8.62. The van der Waals surface area contributed by atoms with Gasteiger partial charge in [-0.25, -0.2) is 8.42 Å². The zero-order valence-electron chi connectivity index (χ0n) is 26.4. The first-order chi connectivity index (χ1) is 24.0. The fourth-order valence-electron chi connectivity index (χ4n) is 5.28. The van der Waals surface area contributed by atoms with Crippen LogP contribution in [0.1, 0.15) is 21.5 Å². The van der Waals surface area contributed by atoms with Crippen LogP contribution in [0.5, 0.6) is 5.75 Å². The number of nitrogens with zero attached hydrogens (tertiary/aromatic N) is 2. The maximum Gasteiger partial charge on any atom is 0.573 e. The van der Waals surface area contributed by atoms with Crippen LogP contribution in [0.4, 0.5) is 18.9 Å². The molecule has 0 unspecified atom stereocenters. The molecule has 6 aromatic rings. The monoisotopic (exact) mass is 693 g/mol. The van der Waals surface area contributed by atoms with E-state index in [4.69, 9.17) is 0 Å². The Kier molecular flexibility index (Phi) is 10.1. The Bertz CT molecular complexity index is 2150. The van der Waals surface area contributed by atoms with Gasteiger partial charge in [0.05, 0.1) is 4.90 Å². The van der Waals surface area contributed by atoms with Crippen molar-refractivity contribution in [3.63, 3.8) is 0 Å². The number of ether oxygens (including phenoxy) is 1. The first kappa shape index (κ1) is 34.1. The Morgan fingerprint density at radius 1 is 0.660 bits per heavy atom. The summed E-state index contributed by atoms with van der Waals surface area (Å²) >= 11 is 0. The van der Waals surface area contributed by atoms with Crippen molar-refractivity contribution in [2.24, 2.45) is 0 Å². The molecule has 0 fully saturated rings. The molecule has 0 saturated carbocycles. The van der Waals surface area contributed by atoms with E-state index < -0.39 is 22.3 Å². The molecule has 0 atom stereocenters. The van der Waals surface area contributed by atoms with Crippen molar-refractivity contribution in [2.45, 2.75) is 24.3 Å². The van der Waals surface area contributed by atoms with Crippen LogP contribution < -0.4 is 10.1 Å². The molecule has 0 bridgehead atoms. The summed E-state index contributed by atoms with van der Waals surface area (Å²) in [5.74, 6) is -0.816. The van der Waals surface area contributed by atoms with Crippen molar-refractivity contribution in [3.8, 4) is 28.0 Å². The van der Waals surface area contributed by atoms with Crippen LogP contribution >= 0.6 is 0 Å². The van der Waals surface area contributed by atoms with Gasteiger partial charge in [-0.2, -0.15) is 4.31 Å². The number of sulfonamides is 1. The number of alkyl halides is 3. The third-order valence-corrected chi connectivity index (χ3v) is 9.63. The number of hydrogen-bond donors (Lipinski definition) is 1. The Morgan fingerprint density at radius 3 is 1.80 bits per heavy atom. The molecule has 1 amide bonds. The molecule has 11 heteroatoms. The Balaban J connectivity index is 1.15. The predicted octanol–water partition coefficient (Wildman–Crippen LogP) is 8.96. The Morgan fingerprint density at radius 2 is 1.22 bits per heavy atom. The molecular weight excluding hydrogens is 664 g/mol. The molecule has 7 nitrogen and oxygen atoms in total. The number of amides is 1. The van der Waals surface area contributed by atoms with Crippen molar-refractivity contribution in [2.75, 3.05) is 5.32 Å². The average molecular weight is 694 g/mol. The predicted molar refractivity (Wildman–Crippen MR) is 186 cm³/mol. The van der Waals surface area contributed by atoms with E-state index in [1.165, 1.54) is 16.4 Å². The van der Waals surface area contributed by atoms with Gasteiger partial charge in [-0.1, -0.05) is 84.9 Å². The number of hydrogen-bond acceptors (Lipinski definition) is 5. The number of anilines is 1. The molecule has 0 saturated heterocycles. The fraction of sp³-hybridized carbons (Fsp3) is 0.0769. The molecule has 1 aromatic heterocycles. The first-order valence-corrected chi connectivity index (χ1v) is 16.9. The summed E-state index contributed by atoms with van der Waals surface area (Å²) in [5, 5.41) is 2.65. The molecule has 1 N–H and O–H groups in total. The third-order valence-electron chi connectivity index (χ3n) is 7.82. The number of halogens is 3. The zero-order chi connectivity index (χ0) is 35.1. The van der Waals surface area contributed by atoms with Gasteiger partial charge in [0.1, 0.15) is 5.75 Å². The number of aromatic nitrogens is 1. The lowest BCUT2D eigenvalue weighted by Crippen LogP contribution is -2.30. The van der Waals surface area contributed by atoms with Gasteiger partial charge in [-0.3, -0.25) is 9.78 Å². The van der Waals surface area contributed by atoms with Crippen LogP contribution in [0.2, 0.25) is 0 Å². The van der Waals surface area contributed by atoms with Crippen molar-refractivity contribution in [1.82, 2.24) is 9.29 Å². The lowest BCUT2D eigenvalue weighted by molar-refractivity contribution is -0.274. The molecule has 6 rings (SSSR count). The molecule has 0 aliphatic heterocycles. The number of pyridine rings is 1. The van der Waals surface area contributed by atoms with Gasteiger partial charge in [0.15, 0.2) is 0 Å². The molecule has 0 aliphatic carbocycles. The second kappa shape index (κ2) is 14.8. The molecule has 5 aromatic carbocycles. The van der Waals surface area contributed by atoms with Crippen LogP contribution in [-0.4, -0.2) is 30.0 Å². The smallest absolute Gasteiger partial charge is 0.406 e. The minimum atomic E-state index is -4.80. The van der Waals surface area contributed by atoms with Gasteiger partial charge < -0.3 is 10.1 Å². The number of carbonyl (C=O) groups is 1. The van der Waals surface area contributed by atoms with Crippen molar-refractivity contribution in [1.29, 1.82) is 0 Å². The molecule has 0 aliphatic rings. The molecule has 50 heavy (non-hydrogen) atoms. The number of nitrogens with one attached hydrogen (secondary N) is 1. The van der Waals surface area contributed by atoms with Crippen LogP contribution in [-0.2, 0) is 23.1 Å². The van der Waals surface area contributed by atoms with Crippen LogP contribution in [0.25, 0.3) is 22.3 Å². The minimum Gasteiger partial charge on any atom is -0.406 e. The van der Waals surface area contributed by atoms with Gasteiger partial charge in [0.25, 0.3) is 5.91 Å². The Labute approximate surface area is 287 Å². The highest BCUT2D eigenvalue weighted by Gasteiger charge is 2.31. The quantitative estimate of drug-likeness (QED) is 0.146. The topological polar surface area (TPSA) is 88.6 Å². The SMILES string of the molecule is O=C(Nc1ccc(OC(F)(F)F)cc1)c1ccc(-c2ccc(CN(Cc3cccnc3)S(=O)(=O)c3ccc(-c4ccccc4)cc3)cc2)cc1. The molecule has 252 valence electrons. The molecule has 0 spiro atoms. The summed E-state index contributed by atoms with van der Waals surface area (Å²) in [6, 6.07) is 39.5. The Hall–Kier alpha value is -5.78. The highest BCUT2D eigenvalue weighted by Crippen LogP contribution is 2.28. The fourth-order valence-corrected chi connectivity index (χ4v) is 6.70. The van der Waals surface area contributed by atoms with E-state index in [1.807, 2.05) is 72.8 Å². The molecule has 1 heterocycles. The van der Waals surface area contributed by atoms with E-state index in [0.717, 1.165) is 45.5 Å². The van der Waals surface area contributed by atoms with E-state index in [9.17, 15) is 26.4 Å². The van der Waals surface area contributed by atoms with E-state index in [0.29, 0.717) is 11.3 Å². The summed E-state index contributed by atoms with van der Waals surface area (Å²) in [4.78, 5) is 17.1. The van der Waals surface area contributed by atoms with Crippen LogP contribution in [0.3, 0.4) is 0 Å². The standard InChI is InChI=1S/C39H30F3N3O4S/c40-39(41,42)49-36-20-18-35(19-21-36)44-38(46)34-14-12-32(13-15-34)31-10-8-28(9-11-31)26-45(27-29-5-4-24-43-25-29)50(47,48)37-22-16-33(17-23-37)30-6-2-1-3-7-30/h1-25H,26-27H2,(H,44,46). The second-order valence-electron chi connectivity index (χ2n) is 11.3. The average Bonchev–Trinajstić information content (AvgIpc) is 3.13. The van der Waals surface area contributed by atoms with E-state index in [-0.39, 0.29) is 23.7 Å². The van der Waals surface area contributed by atoms with Gasteiger partial charge in [0, 0.05) is 36.7 Å². The van der Waals surface area contributed by atoms with Crippen molar-refractivity contribution >= 4 is 21.6 Å². The first-order valence-electron chi connectivity index (χ1n) is 15.4. The van der Waals surface area contributed by atoms with Crippen molar-refractivity contribution < 1.29 is 31.1 Å². The molecule has 0 radical (unpaired) electrons. The van der Waals surface area contributed by atoms with Gasteiger partial charge >= 0.3 is 6.36 Å². The lowest BCUT2D eigenvalue weighted by atomic mass is 10.0. The molecular formula is C39H30F3N3O4S. The largest absolute Gasteiger partial charge is 0.573 e. The maximum atomic E-state index is 14.0. The summed E-state index contributed by atoms with van der Waals surface area (Å²) in [7, 11) is -3.89. The zero-order valence-corrected chi connectivity index (χ0v) is 27.2. The number of carbonyl (C=O) groups excluding carboxylic acids is 1. The highest BCUT2D eigenvalue weighted by atomic mass is 32.2. The summed E-state index contributed by atoms with van der Waals surface area (Å²) in [6.07, 6.45) is -1.51. The van der Waals surface area contributed by atoms with Crippen LogP contribution in [0, 0.1) is 0 Å². The maximum absolute atomic E-state index is 14.0. The normalized spacial score (nSPS) is 11.7. The van der Waals surface area contributed by atoms with Gasteiger partial charge in [-0.05, 0) is 88.0 Å². The van der Waals surface area contributed by atoms with Gasteiger partial charge in [0.2, 0.25) is 10.0 Å². The highest BCUT2D eigenvalue weighted by molar-refractivity contribution is 7.89. The van der Waals surface area contributed by atoms with E-state index in [1.54, 1.807) is 54.9 Å².